The van der Waals surface area contributed by atoms with Crippen molar-refractivity contribution in [2.24, 2.45) is 7.05 Å². The van der Waals surface area contributed by atoms with Gasteiger partial charge in [-0.05, 0) is 62.6 Å². The van der Waals surface area contributed by atoms with E-state index in [0.29, 0.717) is 11.0 Å². The minimum absolute atomic E-state index is 0.0442. The van der Waals surface area contributed by atoms with E-state index in [1.54, 1.807) is 18.7 Å². The molecule has 0 aliphatic carbocycles. The van der Waals surface area contributed by atoms with Crippen LogP contribution in [0.5, 0.6) is 5.75 Å². The van der Waals surface area contributed by atoms with Crippen LogP contribution in [0.25, 0.3) is 22.3 Å². The summed E-state index contributed by atoms with van der Waals surface area (Å²) in [5.41, 5.74) is 4.40. The van der Waals surface area contributed by atoms with E-state index in [1.807, 2.05) is 32.0 Å². The number of aromatic nitrogens is 3. The molecule has 146 valence electrons. The molecule has 0 bridgehead atoms. The first-order valence-electron chi connectivity index (χ1n) is 9.73. The van der Waals surface area contributed by atoms with Crippen LogP contribution in [-0.4, -0.2) is 34.7 Å². The second kappa shape index (κ2) is 7.36. The van der Waals surface area contributed by atoms with Gasteiger partial charge >= 0.3 is 0 Å². The van der Waals surface area contributed by atoms with Gasteiger partial charge in [0.05, 0.1) is 18.2 Å². The lowest BCUT2D eigenvalue weighted by Crippen LogP contribution is -2.33. The fourth-order valence-electron chi connectivity index (χ4n) is 4.16. The SMILES string of the molecule is COc1cc(C)cc(C)c1-c1ccc2c(=O)n(C)c(C3CCCNC3)nc2n1. The number of aryl methyl sites for hydroxylation is 2. The Morgan fingerprint density at radius 2 is 2.04 bits per heavy atom. The van der Waals surface area contributed by atoms with Gasteiger partial charge in [0, 0.05) is 25.1 Å². The van der Waals surface area contributed by atoms with Gasteiger partial charge in [-0.1, -0.05) is 6.07 Å². The Hall–Kier alpha value is -2.73. The van der Waals surface area contributed by atoms with Crippen LogP contribution in [0.2, 0.25) is 0 Å². The maximum absolute atomic E-state index is 12.9. The lowest BCUT2D eigenvalue weighted by molar-refractivity contribution is 0.415. The van der Waals surface area contributed by atoms with Crippen LogP contribution in [0, 0.1) is 13.8 Å². The molecule has 4 rings (SSSR count). The summed E-state index contributed by atoms with van der Waals surface area (Å²) in [6.07, 6.45) is 2.12. The molecule has 0 radical (unpaired) electrons. The van der Waals surface area contributed by atoms with Crippen molar-refractivity contribution >= 4 is 11.0 Å². The van der Waals surface area contributed by atoms with Crippen LogP contribution in [0.4, 0.5) is 0 Å². The molecule has 6 nitrogen and oxygen atoms in total. The van der Waals surface area contributed by atoms with Crippen LogP contribution in [0.3, 0.4) is 0 Å². The first-order chi connectivity index (χ1) is 13.5. The number of pyridine rings is 1. The van der Waals surface area contributed by atoms with Gasteiger partial charge in [0.15, 0.2) is 5.65 Å². The summed E-state index contributed by atoms with van der Waals surface area (Å²) in [6, 6.07) is 7.83. The molecule has 6 heteroatoms. The number of piperidine rings is 1. The van der Waals surface area contributed by atoms with Crippen molar-refractivity contribution < 1.29 is 4.74 Å². The summed E-state index contributed by atoms with van der Waals surface area (Å²) in [5.74, 6) is 1.82. The Bertz CT molecular complexity index is 1100. The molecular weight excluding hydrogens is 352 g/mol. The fraction of sp³-hybridized carbons (Fsp3) is 0.409. The predicted molar refractivity (Wildman–Crippen MR) is 111 cm³/mol. The van der Waals surface area contributed by atoms with Gasteiger partial charge in [-0.3, -0.25) is 9.36 Å². The highest BCUT2D eigenvalue weighted by Gasteiger charge is 2.22. The van der Waals surface area contributed by atoms with Crippen molar-refractivity contribution in [2.45, 2.75) is 32.6 Å². The van der Waals surface area contributed by atoms with E-state index < -0.39 is 0 Å². The van der Waals surface area contributed by atoms with E-state index >= 15 is 0 Å². The van der Waals surface area contributed by atoms with E-state index in [0.717, 1.165) is 59.9 Å². The van der Waals surface area contributed by atoms with Gasteiger partial charge in [0.2, 0.25) is 0 Å². The molecule has 1 fully saturated rings. The van der Waals surface area contributed by atoms with Crippen molar-refractivity contribution in [3.05, 3.63) is 51.6 Å². The van der Waals surface area contributed by atoms with E-state index in [2.05, 4.69) is 11.4 Å². The number of nitrogens with zero attached hydrogens (tertiary/aromatic N) is 3. The molecule has 0 spiro atoms. The standard InChI is InChI=1S/C22H26N4O2/c1-13-10-14(2)19(18(11-13)28-4)17-8-7-16-20(24-17)25-21(26(3)22(16)27)15-6-5-9-23-12-15/h7-8,10-11,15,23H,5-6,9,12H2,1-4H3. The monoisotopic (exact) mass is 378 g/mol. The molecule has 1 aliphatic rings. The highest BCUT2D eigenvalue weighted by Crippen LogP contribution is 2.34. The molecule has 0 amide bonds. The zero-order valence-corrected chi connectivity index (χ0v) is 16.9. The summed E-state index contributed by atoms with van der Waals surface area (Å²) in [4.78, 5) is 22.5. The summed E-state index contributed by atoms with van der Waals surface area (Å²) in [5, 5.41) is 3.94. The van der Waals surface area contributed by atoms with Crippen LogP contribution in [0.1, 0.15) is 35.7 Å². The molecule has 3 heterocycles. The van der Waals surface area contributed by atoms with E-state index in [9.17, 15) is 4.79 Å². The highest BCUT2D eigenvalue weighted by atomic mass is 16.5. The Labute approximate surface area is 164 Å². The van der Waals surface area contributed by atoms with Gasteiger partial charge < -0.3 is 10.1 Å². The number of fused-ring (bicyclic) bond motifs is 1. The Morgan fingerprint density at radius 1 is 1.21 bits per heavy atom. The predicted octanol–water partition coefficient (Wildman–Crippen LogP) is 3.09. The zero-order valence-electron chi connectivity index (χ0n) is 16.9. The summed E-state index contributed by atoms with van der Waals surface area (Å²) >= 11 is 0. The molecule has 3 aromatic rings. The van der Waals surface area contributed by atoms with Gasteiger partial charge in [0.25, 0.3) is 5.56 Å². The Balaban J connectivity index is 1.90. The minimum Gasteiger partial charge on any atom is -0.496 e. The number of methoxy groups -OCH3 is 1. The molecule has 0 saturated carbocycles. The van der Waals surface area contributed by atoms with Crippen molar-refractivity contribution in [1.29, 1.82) is 0 Å². The second-order valence-corrected chi connectivity index (χ2v) is 7.60. The summed E-state index contributed by atoms with van der Waals surface area (Å²) in [6.45, 7) is 5.96. The number of nitrogens with one attached hydrogen (secondary N) is 1. The van der Waals surface area contributed by atoms with Crippen LogP contribution in [0.15, 0.2) is 29.1 Å². The Kier molecular flexibility index (Phi) is 4.89. The normalized spacial score (nSPS) is 17.1. The molecule has 1 atom stereocenters. The highest BCUT2D eigenvalue weighted by molar-refractivity contribution is 5.80. The van der Waals surface area contributed by atoms with Crippen LogP contribution >= 0.6 is 0 Å². The fourth-order valence-corrected chi connectivity index (χ4v) is 4.16. The third-order valence-electron chi connectivity index (χ3n) is 5.56. The maximum Gasteiger partial charge on any atom is 0.262 e. The molecule has 1 saturated heterocycles. The lowest BCUT2D eigenvalue weighted by Gasteiger charge is -2.24. The van der Waals surface area contributed by atoms with Crippen LogP contribution < -0.4 is 15.6 Å². The molecule has 1 unspecified atom stereocenters. The van der Waals surface area contributed by atoms with E-state index in [4.69, 9.17) is 14.7 Å². The molecule has 2 aromatic heterocycles. The maximum atomic E-state index is 12.9. The second-order valence-electron chi connectivity index (χ2n) is 7.60. The first kappa shape index (κ1) is 18.6. The zero-order chi connectivity index (χ0) is 19.8. The minimum atomic E-state index is -0.0442. The van der Waals surface area contributed by atoms with Gasteiger partial charge in [0.1, 0.15) is 11.6 Å². The number of rotatable bonds is 3. The van der Waals surface area contributed by atoms with Crippen molar-refractivity contribution in [1.82, 2.24) is 19.9 Å². The van der Waals surface area contributed by atoms with E-state index in [1.165, 1.54) is 0 Å². The van der Waals surface area contributed by atoms with Crippen molar-refractivity contribution in [3.8, 4) is 17.0 Å². The molecule has 1 aromatic carbocycles. The topological polar surface area (TPSA) is 69.0 Å². The third-order valence-corrected chi connectivity index (χ3v) is 5.56. The average Bonchev–Trinajstić information content (AvgIpc) is 2.70. The van der Waals surface area contributed by atoms with Gasteiger partial charge in [-0.15, -0.1) is 0 Å². The molecular formula is C22H26N4O2. The van der Waals surface area contributed by atoms with Crippen molar-refractivity contribution in [2.75, 3.05) is 20.2 Å². The quantitative estimate of drug-likeness (QED) is 0.758. The number of hydrogen-bond acceptors (Lipinski definition) is 5. The third kappa shape index (κ3) is 3.18. The largest absolute Gasteiger partial charge is 0.496 e. The lowest BCUT2D eigenvalue weighted by atomic mass is 9.98. The average molecular weight is 378 g/mol. The number of hydrogen-bond donors (Lipinski definition) is 1. The molecule has 1 aliphatic heterocycles. The van der Waals surface area contributed by atoms with Gasteiger partial charge in [-0.2, -0.15) is 0 Å². The molecule has 1 N–H and O–H groups in total. The summed E-state index contributed by atoms with van der Waals surface area (Å²) in [7, 11) is 3.47. The summed E-state index contributed by atoms with van der Waals surface area (Å²) < 4.78 is 7.28. The van der Waals surface area contributed by atoms with Crippen molar-refractivity contribution in [3.63, 3.8) is 0 Å². The first-order valence-corrected chi connectivity index (χ1v) is 9.73. The Morgan fingerprint density at radius 3 is 2.75 bits per heavy atom. The van der Waals surface area contributed by atoms with Gasteiger partial charge in [-0.25, -0.2) is 9.97 Å². The number of ether oxygens (including phenoxy) is 1. The molecule has 28 heavy (non-hydrogen) atoms. The van der Waals surface area contributed by atoms with E-state index in [-0.39, 0.29) is 11.5 Å². The smallest absolute Gasteiger partial charge is 0.262 e. The van der Waals surface area contributed by atoms with Crippen LogP contribution in [-0.2, 0) is 7.05 Å². The number of benzene rings is 1.